The van der Waals surface area contributed by atoms with Crippen molar-refractivity contribution >= 4 is 23.9 Å². The van der Waals surface area contributed by atoms with Crippen molar-refractivity contribution in [2.45, 2.75) is 26.7 Å². The van der Waals surface area contributed by atoms with E-state index in [9.17, 15) is 29.4 Å². The van der Waals surface area contributed by atoms with Crippen LogP contribution in [0.1, 0.15) is 45.7 Å². The number of hydrogen-bond donors (Lipinski definition) is 2. The molecule has 2 N–H and O–H groups in total. The first-order chi connectivity index (χ1) is 13.1. The van der Waals surface area contributed by atoms with E-state index in [0.29, 0.717) is 5.56 Å². The van der Waals surface area contributed by atoms with Crippen LogP contribution in [0.5, 0.6) is 0 Å². The van der Waals surface area contributed by atoms with Gasteiger partial charge in [0.2, 0.25) is 0 Å². The fourth-order valence-corrected chi connectivity index (χ4v) is 2.38. The molecule has 1 aromatic carbocycles. The zero-order valence-electron chi connectivity index (χ0n) is 15.7. The molecule has 0 spiro atoms. The predicted octanol–water partition coefficient (Wildman–Crippen LogP) is 2.41. The molecule has 0 aliphatic rings. The van der Waals surface area contributed by atoms with E-state index in [0.717, 1.165) is 0 Å². The summed E-state index contributed by atoms with van der Waals surface area (Å²) in [6.07, 6.45) is 0.133. The minimum absolute atomic E-state index is 0.0223. The van der Waals surface area contributed by atoms with Crippen molar-refractivity contribution < 1.29 is 38.9 Å². The summed E-state index contributed by atoms with van der Waals surface area (Å²) in [4.78, 5) is 46.1. The molecular weight excluding hydrogens is 368 g/mol. The molecule has 0 saturated heterocycles. The standard InChI is InChI=1S/C20H22O8/c1-11(2)19(25)27-9-7-13-5-6-15(17(21)22)16(18(23)24)14(13)8-10-28-20(26)12(3)4/h5-6H,1,3,7-10H2,2,4H3,(H,21,22)(H,23,24). The average molecular weight is 390 g/mol. The molecule has 0 heterocycles. The number of ether oxygens (including phenoxy) is 2. The van der Waals surface area contributed by atoms with Crippen LogP contribution in [0.3, 0.4) is 0 Å². The van der Waals surface area contributed by atoms with E-state index in [1.807, 2.05) is 0 Å². The number of rotatable bonds is 10. The van der Waals surface area contributed by atoms with Crippen molar-refractivity contribution in [3.05, 3.63) is 58.7 Å². The smallest absolute Gasteiger partial charge is 0.336 e. The Morgan fingerprint density at radius 3 is 1.79 bits per heavy atom. The van der Waals surface area contributed by atoms with Gasteiger partial charge in [0, 0.05) is 24.0 Å². The number of hydrogen-bond acceptors (Lipinski definition) is 6. The maximum absolute atomic E-state index is 11.7. The highest BCUT2D eigenvalue weighted by Crippen LogP contribution is 2.22. The minimum Gasteiger partial charge on any atom is -0.478 e. The van der Waals surface area contributed by atoms with Crippen molar-refractivity contribution in [1.29, 1.82) is 0 Å². The third-order valence-electron chi connectivity index (χ3n) is 3.74. The van der Waals surface area contributed by atoms with Crippen molar-refractivity contribution in [3.63, 3.8) is 0 Å². The van der Waals surface area contributed by atoms with Gasteiger partial charge in [-0.05, 0) is 31.0 Å². The normalized spacial score (nSPS) is 10.1. The van der Waals surface area contributed by atoms with Gasteiger partial charge in [0.15, 0.2) is 0 Å². The summed E-state index contributed by atoms with van der Waals surface area (Å²) in [7, 11) is 0. The molecule has 0 radical (unpaired) electrons. The maximum Gasteiger partial charge on any atom is 0.336 e. The number of carboxylic acid groups (broad SMARTS) is 2. The number of carboxylic acids is 2. The van der Waals surface area contributed by atoms with Crippen LogP contribution in [0.15, 0.2) is 36.4 Å². The Bertz CT molecular complexity index is 835. The van der Waals surface area contributed by atoms with Gasteiger partial charge in [-0.1, -0.05) is 19.2 Å². The minimum atomic E-state index is -1.42. The molecule has 1 aromatic rings. The van der Waals surface area contributed by atoms with E-state index in [-0.39, 0.29) is 53.9 Å². The lowest BCUT2D eigenvalue weighted by molar-refractivity contribution is -0.139. The molecule has 0 unspecified atom stereocenters. The van der Waals surface area contributed by atoms with E-state index >= 15 is 0 Å². The Hall–Kier alpha value is -3.42. The highest BCUT2D eigenvalue weighted by molar-refractivity contribution is 6.03. The van der Waals surface area contributed by atoms with E-state index in [1.165, 1.54) is 26.0 Å². The molecule has 8 nitrogen and oxygen atoms in total. The van der Waals surface area contributed by atoms with Gasteiger partial charge in [0.1, 0.15) is 0 Å². The van der Waals surface area contributed by atoms with Crippen molar-refractivity contribution in [3.8, 4) is 0 Å². The SMILES string of the molecule is C=C(C)C(=O)OCCc1ccc(C(=O)O)c(C(=O)O)c1CCOC(=O)C(=C)C. The van der Waals surface area contributed by atoms with Crippen LogP contribution in [0.25, 0.3) is 0 Å². The number of aromatic carboxylic acids is 2. The van der Waals surface area contributed by atoms with Crippen LogP contribution in [0.2, 0.25) is 0 Å². The van der Waals surface area contributed by atoms with Gasteiger partial charge < -0.3 is 19.7 Å². The Kier molecular flexibility index (Phi) is 8.12. The average Bonchev–Trinajstić information content (AvgIpc) is 2.61. The number of carbonyl (C=O) groups is 4. The summed E-state index contributed by atoms with van der Waals surface area (Å²) < 4.78 is 10.0. The lowest BCUT2D eigenvalue weighted by Crippen LogP contribution is -2.17. The number of benzene rings is 1. The summed E-state index contributed by atoms with van der Waals surface area (Å²) in [6.45, 7) is 9.67. The Morgan fingerprint density at radius 1 is 0.857 bits per heavy atom. The lowest BCUT2D eigenvalue weighted by atomic mass is 9.92. The van der Waals surface area contributed by atoms with Crippen LogP contribution in [-0.2, 0) is 31.9 Å². The number of esters is 2. The lowest BCUT2D eigenvalue weighted by Gasteiger charge is -2.15. The monoisotopic (exact) mass is 390 g/mol. The van der Waals surface area contributed by atoms with Crippen molar-refractivity contribution in [1.82, 2.24) is 0 Å². The summed E-state index contributed by atoms with van der Waals surface area (Å²) in [5.74, 6) is -4.03. The van der Waals surface area contributed by atoms with Crippen LogP contribution < -0.4 is 0 Å². The van der Waals surface area contributed by atoms with Gasteiger partial charge in [0.25, 0.3) is 0 Å². The van der Waals surface area contributed by atoms with E-state index in [4.69, 9.17) is 9.47 Å². The Balaban J connectivity index is 3.17. The van der Waals surface area contributed by atoms with Crippen LogP contribution in [0, 0.1) is 0 Å². The fraction of sp³-hybridized carbons (Fsp3) is 0.300. The van der Waals surface area contributed by atoms with Gasteiger partial charge in [-0.3, -0.25) is 0 Å². The first kappa shape index (κ1) is 22.6. The van der Waals surface area contributed by atoms with Crippen LogP contribution >= 0.6 is 0 Å². The van der Waals surface area contributed by atoms with Gasteiger partial charge in [-0.2, -0.15) is 0 Å². The third-order valence-corrected chi connectivity index (χ3v) is 3.74. The molecule has 8 heteroatoms. The first-order valence-corrected chi connectivity index (χ1v) is 8.32. The van der Waals surface area contributed by atoms with Gasteiger partial charge in [-0.25, -0.2) is 19.2 Å². The second-order valence-corrected chi connectivity index (χ2v) is 6.07. The van der Waals surface area contributed by atoms with E-state index in [1.54, 1.807) is 0 Å². The zero-order chi connectivity index (χ0) is 21.4. The quantitative estimate of drug-likeness (QED) is 0.460. The summed E-state index contributed by atoms with van der Waals surface area (Å²) in [5, 5.41) is 18.8. The highest BCUT2D eigenvalue weighted by Gasteiger charge is 2.23. The zero-order valence-corrected chi connectivity index (χ0v) is 15.7. The molecule has 0 atom stereocenters. The molecule has 0 bridgehead atoms. The molecule has 150 valence electrons. The molecule has 0 aliphatic heterocycles. The maximum atomic E-state index is 11.7. The van der Waals surface area contributed by atoms with Crippen LogP contribution in [0.4, 0.5) is 0 Å². The van der Waals surface area contributed by atoms with E-state index in [2.05, 4.69) is 13.2 Å². The van der Waals surface area contributed by atoms with Crippen LogP contribution in [-0.4, -0.2) is 47.3 Å². The largest absolute Gasteiger partial charge is 0.478 e. The molecular formula is C20H22O8. The van der Waals surface area contributed by atoms with Crippen molar-refractivity contribution in [2.75, 3.05) is 13.2 Å². The van der Waals surface area contributed by atoms with Gasteiger partial charge in [0.05, 0.1) is 24.3 Å². The van der Waals surface area contributed by atoms with E-state index < -0.39 is 23.9 Å². The Morgan fingerprint density at radius 2 is 1.36 bits per heavy atom. The second kappa shape index (κ2) is 10.1. The summed E-state index contributed by atoms with van der Waals surface area (Å²) >= 11 is 0. The highest BCUT2D eigenvalue weighted by atomic mass is 16.5. The summed E-state index contributed by atoms with van der Waals surface area (Å²) in [5.41, 5.74) is 0.319. The molecule has 0 aliphatic carbocycles. The van der Waals surface area contributed by atoms with Gasteiger partial charge >= 0.3 is 23.9 Å². The second-order valence-electron chi connectivity index (χ2n) is 6.07. The molecule has 0 saturated carbocycles. The Labute approximate surface area is 162 Å². The molecule has 0 aromatic heterocycles. The fourth-order valence-electron chi connectivity index (χ4n) is 2.38. The number of carbonyl (C=O) groups excluding carboxylic acids is 2. The topological polar surface area (TPSA) is 127 Å². The third kappa shape index (κ3) is 6.08. The molecule has 0 amide bonds. The first-order valence-electron chi connectivity index (χ1n) is 8.32. The predicted molar refractivity (Wildman–Crippen MR) is 99.3 cm³/mol. The summed E-state index contributed by atoms with van der Waals surface area (Å²) in [6, 6.07) is 2.64. The van der Waals surface area contributed by atoms with Crippen molar-refractivity contribution in [2.24, 2.45) is 0 Å². The molecule has 1 rings (SSSR count). The van der Waals surface area contributed by atoms with Gasteiger partial charge in [-0.15, -0.1) is 0 Å². The molecule has 0 fully saturated rings. The molecule has 28 heavy (non-hydrogen) atoms.